The number of phenolic OH excluding ortho intramolecular Hbond substituents is 1. The van der Waals surface area contributed by atoms with Gasteiger partial charge in [-0.3, -0.25) is 0 Å². The Hall–Kier alpha value is -2.25. The molecule has 0 fully saturated rings. The van der Waals surface area contributed by atoms with Crippen LogP contribution < -0.4 is 0 Å². The molecule has 20 heavy (non-hydrogen) atoms. The molecule has 2 heteroatoms. The molecule has 3 aromatic carbocycles. The summed E-state index contributed by atoms with van der Waals surface area (Å²) in [4.78, 5) is 0. The first-order valence-electron chi connectivity index (χ1n) is 6.33. The van der Waals surface area contributed by atoms with E-state index in [0.717, 1.165) is 27.5 Å². The van der Waals surface area contributed by atoms with E-state index in [1.165, 1.54) is 0 Å². The average molecular weight is 281 g/mol. The summed E-state index contributed by atoms with van der Waals surface area (Å²) in [5.41, 5.74) is 2.50. The maximum absolute atomic E-state index is 10.2. The summed E-state index contributed by atoms with van der Waals surface area (Å²) in [6, 6.07) is 19.0. The van der Waals surface area contributed by atoms with Gasteiger partial charge >= 0.3 is 0 Å². The molecule has 0 unspecified atom stereocenters. The first-order valence-corrected chi connectivity index (χ1v) is 6.70. The molecule has 3 rings (SSSR count). The van der Waals surface area contributed by atoms with Crippen LogP contribution in [0.25, 0.3) is 16.3 Å². The first-order chi connectivity index (χ1) is 9.66. The number of rotatable bonds is 2. The molecule has 0 aliphatic heterocycles. The Morgan fingerprint density at radius 1 is 0.900 bits per heavy atom. The number of aromatic hydroxyl groups is 1. The molecule has 0 spiro atoms. The van der Waals surface area contributed by atoms with E-state index in [1.54, 1.807) is 6.07 Å². The molecule has 0 aliphatic rings. The number of hydrogen-bond donors (Lipinski definition) is 1. The molecule has 0 aromatic heterocycles. The standard InChI is InChI=1S/C18H13ClO/c1-12(13-6-9-15(19)10-7-13)18-16-5-3-2-4-14(16)8-11-17(18)20/h2-11,20H,1H2. The molecule has 0 bridgehead atoms. The van der Waals surface area contributed by atoms with E-state index in [9.17, 15) is 5.11 Å². The lowest BCUT2D eigenvalue weighted by Crippen LogP contribution is -1.89. The van der Waals surface area contributed by atoms with Crippen molar-refractivity contribution in [2.45, 2.75) is 0 Å². The number of phenols is 1. The van der Waals surface area contributed by atoms with Crippen molar-refractivity contribution in [1.82, 2.24) is 0 Å². The summed E-state index contributed by atoms with van der Waals surface area (Å²) in [6.45, 7) is 4.13. The van der Waals surface area contributed by atoms with Gasteiger partial charge in [0.05, 0.1) is 0 Å². The second-order valence-corrected chi connectivity index (χ2v) is 5.10. The summed E-state index contributed by atoms with van der Waals surface area (Å²) in [5.74, 6) is 0.239. The first kappa shape index (κ1) is 12.8. The SMILES string of the molecule is C=C(c1ccc(Cl)cc1)c1c(O)ccc2ccccc12. The van der Waals surface area contributed by atoms with Crippen LogP contribution in [0.1, 0.15) is 11.1 Å². The van der Waals surface area contributed by atoms with Crippen molar-refractivity contribution in [1.29, 1.82) is 0 Å². The second-order valence-electron chi connectivity index (χ2n) is 4.67. The van der Waals surface area contributed by atoms with E-state index >= 15 is 0 Å². The van der Waals surface area contributed by atoms with Crippen LogP contribution >= 0.6 is 11.6 Å². The molecule has 3 aromatic rings. The van der Waals surface area contributed by atoms with Gasteiger partial charge in [-0.1, -0.05) is 60.6 Å². The maximum atomic E-state index is 10.2. The summed E-state index contributed by atoms with van der Waals surface area (Å²) in [7, 11) is 0. The molecule has 98 valence electrons. The fraction of sp³-hybridized carbons (Fsp3) is 0. The van der Waals surface area contributed by atoms with Gasteiger partial charge in [0.1, 0.15) is 5.75 Å². The molecular weight excluding hydrogens is 268 g/mol. The Morgan fingerprint density at radius 2 is 1.60 bits per heavy atom. The minimum atomic E-state index is 0.239. The fourth-order valence-electron chi connectivity index (χ4n) is 2.37. The van der Waals surface area contributed by atoms with Gasteiger partial charge in [-0.15, -0.1) is 0 Å². The minimum Gasteiger partial charge on any atom is -0.507 e. The zero-order valence-corrected chi connectivity index (χ0v) is 11.6. The van der Waals surface area contributed by atoms with Crippen molar-refractivity contribution in [3.63, 3.8) is 0 Å². The van der Waals surface area contributed by atoms with Crippen LogP contribution in [0.4, 0.5) is 0 Å². The zero-order valence-electron chi connectivity index (χ0n) is 10.8. The summed E-state index contributed by atoms with van der Waals surface area (Å²) >= 11 is 5.91. The van der Waals surface area contributed by atoms with E-state index < -0.39 is 0 Å². The Bertz CT molecular complexity index is 788. The predicted octanol–water partition coefficient (Wildman–Crippen LogP) is 5.26. The van der Waals surface area contributed by atoms with E-state index in [-0.39, 0.29) is 5.75 Å². The Morgan fingerprint density at radius 3 is 2.35 bits per heavy atom. The van der Waals surface area contributed by atoms with Crippen molar-refractivity contribution >= 4 is 27.9 Å². The van der Waals surface area contributed by atoms with Gasteiger partial charge in [-0.2, -0.15) is 0 Å². The van der Waals surface area contributed by atoms with Crippen molar-refractivity contribution < 1.29 is 5.11 Å². The van der Waals surface area contributed by atoms with Crippen LogP contribution in [0.15, 0.2) is 67.2 Å². The highest BCUT2D eigenvalue weighted by molar-refractivity contribution is 6.30. The van der Waals surface area contributed by atoms with Crippen molar-refractivity contribution in [2.24, 2.45) is 0 Å². The molecule has 1 nitrogen and oxygen atoms in total. The number of hydrogen-bond acceptors (Lipinski definition) is 1. The van der Waals surface area contributed by atoms with Gasteiger partial charge in [0.2, 0.25) is 0 Å². The van der Waals surface area contributed by atoms with E-state index in [4.69, 9.17) is 11.6 Å². The normalized spacial score (nSPS) is 10.7. The summed E-state index contributed by atoms with van der Waals surface area (Å²) in [6.07, 6.45) is 0. The molecule has 0 saturated carbocycles. The summed E-state index contributed by atoms with van der Waals surface area (Å²) in [5, 5.41) is 13.0. The molecule has 0 saturated heterocycles. The maximum Gasteiger partial charge on any atom is 0.124 e. The third-order valence-corrected chi connectivity index (χ3v) is 3.65. The third-order valence-electron chi connectivity index (χ3n) is 3.40. The van der Waals surface area contributed by atoms with Crippen LogP contribution in [-0.2, 0) is 0 Å². The Kier molecular flexibility index (Phi) is 3.21. The van der Waals surface area contributed by atoms with Crippen molar-refractivity contribution in [3.8, 4) is 5.75 Å². The van der Waals surface area contributed by atoms with Gasteiger partial charge in [0, 0.05) is 10.6 Å². The minimum absolute atomic E-state index is 0.239. The largest absolute Gasteiger partial charge is 0.507 e. The van der Waals surface area contributed by atoms with Crippen LogP contribution in [-0.4, -0.2) is 5.11 Å². The lowest BCUT2D eigenvalue weighted by Gasteiger charge is -2.12. The van der Waals surface area contributed by atoms with Gasteiger partial charge in [0.25, 0.3) is 0 Å². The fourth-order valence-corrected chi connectivity index (χ4v) is 2.50. The Labute approximate surface area is 122 Å². The van der Waals surface area contributed by atoms with Gasteiger partial charge < -0.3 is 5.11 Å². The van der Waals surface area contributed by atoms with Gasteiger partial charge in [-0.05, 0) is 40.1 Å². The Balaban J connectivity index is 2.21. The number of fused-ring (bicyclic) bond motifs is 1. The average Bonchev–Trinajstić information content (AvgIpc) is 2.47. The second kappa shape index (κ2) is 5.03. The van der Waals surface area contributed by atoms with Gasteiger partial charge in [0.15, 0.2) is 0 Å². The number of halogens is 1. The molecular formula is C18H13ClO. The van der Waals surface area contributed by atoms with E-state index in [1.807, 2.05) is 54.6 Å². The molecule has 0 heterocycles. The molecule has 0 radical (unpaired) electrons. The predicted molar refractivity (Wildman–Crippen MR) is 85.2 cm³/mol. The molecule has 0 amide bonds. The summed E-state index contributed by atoms with van der Waals surface area (Å²) < 4.78 is 0. The lowest BCUT2D eigenvalue weighted by atomic mass is 9.93. The highest BCUT2D eigenvalue weighted by Crippen LogP contribution is 2.35. The molecule has 0 atom stereocenters. The third kappa shape index (κ3) is 2.17. The van der Waals surface area contributed by atoms with Gasteiger partial charge in [-0.25, -0.2) is 0 Å². The molecule has 1 N–H and O–H groups in total. The number of benzene rings is 3. The van der Waals surface area contributed by atoms with Crippen LogP contribution in [0.5, 0.6) is 5.75 Å². The highest BCUT2D eigenvalue weighted by Gasteiger charge is 2.11. The van der Waals surface area contributed by atoms with E-state index in [2.05, 4.69) is 6.58 Å². The lowest BCUT2D eigenvalue weighted by molar-refractivity contribution is 0.474. The quantitative estimate of drug-likeness (QED) is 0.679. The van der Waals surface area contributed by atoms with E-state index in [0.29, 0.717) is 5.02 Å². The monoisotopic (exact) mass is 280 g/mol. The highest BCUT2D eigenvalue weighted by atomic mass is 35.5. The molecule has 0 aliphatic carbocycles. The van der Waals surface area contributed by atoms with Crippen LogP contribution in [0.3, 0.4) is 0 Å². The topological polar surface area (TPSA) is 20.2 Å². The van der Waals surface area contributed by atoms with Crippen LogP contribution in [0, 0.1) is 0 Å². The smallest absolute Gasteiger partial charge is 0.124 e. The van der Waals surface area contributed by atoms with Crippen LogP contribution in [0.2, 0.25) is 5.02 Å². The van der Waals surface area contributed by atoms with Crippen molar-refractivity contribution in [3.05, 3.63) is 83.4 Å². The van der Waals surface area contributed by atoms with Crippen molar-refractivity contribution in [2.75, 3.05) is 0 Å². The zero-order chi connectivity index (χ0) is 14.1.